The molecule has 2 rings (SSSR count). The summed E-state index contributed by atoms with van der Waals surface area (Å²) in [6.07, 6.45) is 5.60. The molecule has 0 spiro atoms. The molecule has 1 heterocycles. The van der Waals surface area contributed by atoms with Crippen molar-refractivity contribution < 1.29 is 28.8 Å². The van der Waals surface area contributed by atoms with Gasteiger partial charge in [-0.3, -0.25) is 0 Å². The molecule has 0 amide bonds. The first-order chi connectivity index (χ1) is 13.9. The number of hydrogen-bond acceptors (Lipinski definition) is 6. The van der Waals surface area contributed by atoms with Crippen LogP contribution in [-0.4, -0.2) is 50.4 Å². The molecular weight excluding hydrogens is 372 g/mol. The summed E-state index contributed by atoms with van der Waals surface area (Å²) in [5, 5.41) is 9.44. The van der Waals surface area contributed by atoms with E-state index in [1.807, 2.05) is 38.1 Å². The third-order valence-corrected chi connectivity index (χ3v) is 4.62. The first kappa shape index (κ1) is 23.5. The van der Waals surface area contributed by atoms with Crippen LogP contribution < -0.4 is 0 Å². The van der Waals surface area contributed by atoms with E-state index in [9.17, 15) is 9.90 Å². The number of carbonyl (C=O) groups is 1. The second kappa shape index (κ2) is 12.1. The maximum absolute atomic E-state index is 11.6. The van der Waals surface area contributed by atoms with Crippen LogP contribution >= 0.6 is 0 Å². The minimum Gasteiger partial charge on any atom is -0.463 e. The summed E-state index contributed by atoms with van der Waals surface area (Å²) in [7, 11) is 0. The second-order valence-electron chi connectivity index (χ2n) is 8.01. The molecule has 6 heteroatoms. The third-order valence-electron chi connectivity index (χ3n) is 4.62. The van der Waals surface area contributed by atoms with E-state index in [4.69, 9.17) is 18.9 Å². The van der Waals surface area contributed by atoms with E-state index in [0.717, 1.165) is 30.4 Å². The number of rotatable bonds is 11. The van der Waals surface area contributed by atoms with E-state index >= 15 is 0 Å². The van der Waals surface area contributed by atoms with Crippen LogP contribution in [0.5, 0.6) is 0 Å². The first-order valence-corrected chi connectivity index (χ1v) is 10.3. The van der Waals surface area contributed by atoms with Gasteiger partial charge in [-0.05, 0) is 49.5 Å². The number of carbonyl (C=O) groups excluding carboxylic acids is 1. The van der Waals surface area contributed by atoms with Crippen molar-refractivity contribution in [2.24, 2.45) is 5.41 Å². The van der Waals surface area contributed by atoms with Crippen LogP contribution in [0, 0.1) is 5.41 Å². The highest BCUT2D eigenvalue weighted by atomic mass is 16.7. The minimum absolute atomic E-state index is 0.0540. The Morgan fingerprint density at radius 2 is 2.21 bits per heavy atom. The zero-order valence-corrected chi connectivity index (χ0v) is 17.8. The highest BCUT2D eigenvalue weighted by molar-refractivity contribution is 5.87. The normalized spacial score (nSPS) is 18.7. The lowest BCUT2D eigenvalue weighted by molar-refractivity contribution is -0.201. The molecule has 1 aliphatic heterocycles. The van der Waals surface area contributed by atoms with Crippen molar-refractivity contribution in [3.63, 3.8) is 0 Å². The van der Waals surface area contributed by atoms with Crippen molar-refractivity contribution in [2.45, 2.75) is 52.4 Å². The lowest BCUT2D eigenvalue weighted by Crippen LogP contribution is -2.29. The van der Waals surface area contributed by atoms with Crippen LogP contribution in [-0.2, 0) is 23.7 Å². The molecule has 1 fully saturated rings. The number of ether oxygens (including phenoxy) is 4. The molecule has 2 unspecified atom stereocenters. The van der Waals surface area contributed by atoms with Crippen molar-refractivity contribution in [1.82, 2.24) is 0 Å². The molecular formula is C23H34O6. The van der Waals surface area contributed by atoms with Crippen LogP contribution in [0.2, 0.25) is 0 Å². The second-order valence-corrected chi connectivity index (χ2v) is 8.01. The average molecular weight is 407 g/mol. The summed E-state index contributed by atoms with van der Waals surface area (Å²) >= 11 is 0. The molecule has 1 saturated heterocycles. The van der Waals surface area contributed by atoms with Gasteiger partial charge in [0.2, 0.25) is 0 Å². The molecule has 29 heavy (non-hydrogen) atoms. The highest BCUT2D eigenvalue weighted by Gasteiger charge is 2.23. The Morgan fingerprint density at radius 3 is 2.90 bits per heavy atom. The van der Waals surface area contributed by atoms with Gasteiger partial charge in [0.15, 0.2) is 6.29 Å². The number of hydrogen-bond donors (Lipinski definition) is 1. The quantitative estimate of drug-likeness (QED) is 0.444. The minimum atomic E-state index is -0.365. The molecule has 162 valence electrons. The number of esters is 1. The topological polar surface area (TPSA) is 74.2 Å². The third kappa shape index (κ3) is 8.66. The lowest BCUT2D eigenvalue weighted by atomic mass is 9.96. The summed E-state index contributed by atoms with van der Waals surface area (Å²) in [6.45, 7) is 7.58. The molecule has 1 aromatic carbocycles. The maximum atomic E-state index is 11.6. The van der Waals surface area contributed by atoms with Crippen molar-refractivity contribution in [1.29, 1.82) is 0 Å². The standard InChI is InChI=1S/C23H34O6/c1-4-27-21(25)12-11-18-8-7-9-19(14-18)20(15-26-17-23(2,3)16-24)29-22-10-5-6-13-28-22/h7-9,11-12,14,20,22,24H,4-6,10,13,15-17H2,1-3H3/b12-11+. The van der Waals surface area contributed by atoms with E-state index in [1.54, 1.807) is 13.0 Å². The molecule has 1 aliphatic rings. The zero-order chi connectivity index (χ0) is 21.1. The first-order valence-electron chi connectivity index (χ1n) is 10.3. The Kier molecular flexibility index (Phi) is 9.81. The van der Waals surface area contributed by atoms with Crippen molar-refractivity contribution >= 4 is 12.0 Å². The van der Waals surface area contributed by atoms with Gasteiger partial charge >= 0.3 is 5.97 Å². The summed E-state index contributed by atoms with van der Waals surface area (Å²) in [4.78, 5) is 11.6. The maximum Gasteiger partial charge on any atom is 0.330 e. The Morgan fingerprint density at radius 1 is 1.38 bits per heavy atom. The van der Waals surface area contributed by atoms with E-state index in [2.05, 4.69) is 0 Å². The fourth-order valence-corrected chi connectivity index (χ4v) is 2.92. The van der Waals surface area contributed by atoms with Gasteiger partial charge < -0.3 is 24.1 Å². The highest BCUT2D eigenvalue weighted by Crippen LogP contribution is 2.26. The van der Waals surface area contributed by atoms with Gasteiger partial charge in [-0.15, -0.1) is 0 Å². The SMILES string of the molecule is CCOC(=O)/C=C/c1cccc(C(COCC(C)(C)CO)OC2CCCCO2)c1. The summed E-state index contributed by atoms with van der Waals surface area (Å²) in [6, 6.07) is 7.80. The predicted octanol–water partition coefficient (Wildman–Crippen LogP) is 3.88. The van der Waals surface area contributed by atoms with Gasteiger partial charge in [0, 0.05) is 18.1 Å². The monoisotopic (exact) mass is 406 g/mol. The fraction of sp³-hybridized carbons (Fsp3) is 0.609. The van der Waals surface area contributed by atoms with E-state index in [-0.39, 0.29) is 30.4 Å². The summed E-state index contributed by atoms with van der Waals surface area (Å²) in [5.74, 6) is -0.365. The number of aliphatic hydroxyl groups is 1. The van der Waals surface area contributed by atoms with Crippen LogP contribution in [0.4, 0.5) is 0 Å². The van der Waals surface area contributed by atoms with E-state index < -0.39 is 0 Å². The van der Waals surface area contributed by atoms with Crippen LogP contribution in [0.3, 0.4) is 0 Å². The van der Waals surface area contributed by atoms with Gasteiger partial charge in [0.25, 0.3) is 0 Å². The molecule has 0 saturated carbocycles. The molecule has 2 atom stereocenters. The number of aliphatic hydroxyl groups excluding tert-OH is 1. The summed E-state index contributed by atoms with van der Waals surface area (Å²) in [5.41, 5.74) is 1.52. The molecule has 1 N–H and O–H groups in total. The van der Waals surface area contributed by atoms with Gasteiger partial charge in [0.05, 0.1) is 26.4 Å². The van der Waals surface area contributed by atoms with Gasteiger partial charge in [-0.1, -0.05) is 32.0 Å². The Labute approximate surface area is 173 Å². The Balaban J connectivity index is 2.09. The number of benzene rings is 1. The molecule has 0 aliphatic carbocycles. The molecule has 0 bridgehead atoms. The molecule has 0 aromatic heterocycles. The molecule has 6 nitrogen and oxygen atoms in total. The Bertz CT molecular complexity index is 649. The van der Waals surface area contributed by atoms with Gasteiger partial charge in [0.1, 0.15) is 6.10 Å². The average Bonchev–Trinajstić information content (AvgIpc) is 2.73. The van der Waals surface area contributed by atoms with Crippen LogP contribution in [0.1, 0.15) is 57.3 Å². The largest absolute Gasteiger partial charge is 0.463 e. The van der Waals surface area contributed by atoms with Gasteiger partial charge in [-0.25, -0.2) is 4.79 Å². The van der Waals surface area contributed by atoms with Crippen molar-refractivity contribution in [3.8, 4) is 0 Å². The molecule has 0 radical (unpaired) electrons. The predicted molar refractivity (Wildman–Crippen MR) is 111 cm³/mol. The van der Waals surface area contributed by atoms with E-state index in [1.165, 1.54) is 6.08 Å². The summed E-state index contributed by atoms with van der Waals surface area (Å²) < 4.78 is 22.8. The van der Waals surface area contributed by atoms with Crippen LogP contribution in [0.25, 0.3) is 6.08 Å². The van der Waals surface area contributed by atoms with E-state index in [0.29, 0.717) is 26.4 Å². The van der Waals surface area contributed by atoms with Crippen molar-refractivity contribution in [3.05, 3.63) is 41.5 Å². The molecule has 1 aromatic rings. The zero-order valence-electron chi connectivity index (χ0n) is 17.8. The van der Waals surface area contributed by atoms with Gasteiger partial charge in [-0.2, -0.15) is 0 Å². The van der Waals surface area contributed by atoms with Crippen molar-refractivity contribution in [2.75, 3.05) is 33.0 Å². The van der Waals surface area contributed by atoms with Crippen LogP contribution in [0.15, 0.2) is 30.3 Å². The smallest absolute Gasteiger partial charge is 0.330 e. The Hall–Kier alpha value is -1.73. The lowest BCUT2D eigenvalue weighted by Gasteiger charge is -2.29. The fourth-order valence-electron chi connectivity index (χ4n) is 2.92.